The summed E-state index contributed by atoms with van der Waals surface area (Å²) in [5.74, 6) is 0.620. The molecule has 2 fully saturated rings. The Balaban J connectivity index is 0.000000162. The number of ether oxygens (including phenoxy) is 1. The van der Waals surface area contributed by atoms with Crippen LogP contribution in [0.3, 0.4) is 0 Å². The van der Waals surface area contributed by atoms with E-state index in [0.717, 1.165) is 74.5 Å². The third kappa shape index (κ3) is 7.64. The van der Waals surface area contributed by atoms with E-state index in [1.54, 1.807) is 6.26 Å². The van der Waals surface area contributed by atoms with Gasteiger partial charge >= 0.3 is 0 Å². The van der Waals surface area contributed by atoms with Crippen LogP contribution in [-0.2, 0) is 17.3 Å². The summed E-state index contributed by atoms with van der Waals surface area (Å²) in [6, 6.07) is 34.9. The zero-order valence-electron chi connectivity index (χ0n) is 29.8. The third-order valence-corrected chi connectivity index (χ3v) is 11.6. The molecule has 0 bridgehead atoms. The number of carbonyl (C=O) groups excluding carboxylic acids is 2. The summed E-state index contributed by atoms with van der Waals surface area (Å²) in [6.45, 7) is 1.90. The molecular weight excluding hydrogens is 649 g/mol. The Labute approximate surface area is 306 Å². The van der Waals surface area contributed by atoms with Crippen LogP contribution in [0.1, 0.15) is 88.8 Å². The van der Waals surface area contributed by atoms with Crippen molar-refractivity contribution in [2.45, 2.75) is 80.7 Å². The Morgan fingerprint density at radius 1 is 0.635 bits per heavy atom. The SMILES string of the molecule is NC1CCC(CNC(=O)c2cccc3c2OCC3)(c2ccccc2)CC1.NC1CCC(CNC(=O)c2cccc3ccoc23)(c2ccccc2)CC1. The highest BCUT2D eigenvalue weighted by molar-refractivity contribution is 6.04. The summed E-state index contributed by atoms with van der Waals surface area (Å²) in [5.41, 5.74) is 17.8. The molecule has 270 valence electrons. The number of carbonyl (C=O) groups is 2. The molecule has 1 aromatic heterocycles. The van der Waals surface area contributed by atoms with Gasteiger partial charge in [0.25, 0.3) is 11.8 Å². The molecule has 52 heavy (non-hydrogen) atoms. The van der Waals surface area contributed by atoms with E-state index >= 15 is 0 Å². The number of benzene rings is 4. The summed E-state index contributed by atoms with van der Waals surface area (Å²) < 4.78 is 11.2. The quantitative estimate of drug-likeness (QED) is 0.136. The standard InChI is InChI=1S/C22H26N2O2.C22H24N2O2/c2*23-18-9-12-22(13-10-18,17-6-2-1-3-7-17)15-24-21(25)19-8-4-5-16-11-14-26-20(16)19/h1-8,18H,9-15,23H2,(H,24,25);1-8,11,14,18H,9-10,12-13,15,23H2,(H,24,25). The highest BCUT2D eigenvalue weighted by Crippen LogP contribution is 2.40. The molecule has 2 heterocycles. The smallest absolute Gasteiger partial charge is 0.255 e. The molecule has 5 aromatic rings. The molecule has 3 aliphatic rings. The maximum Gasteiger partial charge on any atom is 0.255 e. The first-order chi connectivity index (χ1) is 25.4. The normalized spacial score (nSPS) is 23.8. The lowest BCUT2D eigenvalue weighted by Gasteiger charge is -2.40. The zero-order chi connectivity index (χ0) is 36.0. The lowest BCUT2D eigenvalue weighted by Crippen LogP contribution is -2.45. The molecule has 6 N–H and O–H groups in total. The number of para-hydroxylation sites is 2. The van der Waals surface area contributed by atoms with E-state index in [1.807, 2.05) is 54.6 Å². The van der Waals surface area contributed by atoms with Gasteiger partial charge in [0.1, 0.15) is 11.3 Å². The van der Waals surface area contributed by atoms with E-state index in [4.69, 9.17) is 20.6 Å². The highest BCUT2D eigenvalue weighted by Gasteiger charge is 2.38. The first kappa shape index (κ1) is 35.5. The number of rotatable bonds is 8. The maximum absolute atomic E-state index is 12.9. The van der Waals surface area contributed by atoms with E-state index in [1.165, 1.54) is 11.1 Å². The van der Waals surface area contributed by atoms with Crippen molar-refractivity contribution in [2.24, 2.45) is 11.5 Å². The Kier molecular flexibility index (Phi) is 10.8. The van der Waals surface area contributed by atoms with Crippen LogP contribution in [0.2, 0.25) is 0 Å². The minimum absolute atomic E-state index is 0.0361. The van der Waals surface area contributed by atoms with E-state index in [-0.39, 0.29) is 34.7 Å². The lowest BCUT2D eigenvalue weighted by molar-refractivity contribution is 0.0926. The largest absolute Gasteiger partial charge is 0.492 e. The van der Waals surface area contributed by atoms with Gasteiger partial charge in [-0.1, -0.05) is 84.9 Å². The fourth-order valence-electron chi connectivity index (χ4n) is 8.36. The minimum Gasteiger partial charge on any atom is -0.492 e. The fraction of sp³-hybridized carbons (Fsp3) is 0.364. The van der Waals surface area contributed by atoms with Gasteiger partial charge in [0.2, 0.25) is 0 Å². The van der Waals surface area contributed by atoms with Crippen LogP contribution in [0.25, 0.3) is 11.0 Å². The predicted molar refractivity (Wildman–Crippen MR) is 206 cm³/mol. The Bertz CT molecular complexity index is 1960. The van der Waals surface area contributed by atoms with Gasteiger partial charge in [-0.15, -0.1) is 0 Å². The number of nitrogens with one attached hydrogen (secondary N) is 2. The van der Waals surface area contributed by atoms with E-state index in [9.17, 15) is 9.59 Å². The Morgan fingerprint density at radius 3 is 1.73 bits per heavy atom. The van der Waals surface area contributed by atoms with Gasteiger partial charge < -0.3 is 31.3 Å². The number of furan rings is 1. The molecule has 8 nitrogen and oxygen atoms in total. The topological polar surface area (TPSA) is 133 Å². The van der Waals surface area contributed by atoms with E-state index in [2.05, 4.69) is 59.2 Å². The van der Waals surface area contributed by atoms with Crippen molar-refractivity contribution in [3.05, 3.63) is 137 Å². The summed E-state index contributed by atoms with van der Waals surface area (Å²) in [4.78, 5) is 25.7. The molecule has 0 spiro atoms. The molecule has 0 unspecified atom stereocenters. The Hall–Kier alpha value is -4.92. The molecule has 4 aromatic carbocycles. The second-order valence-corrected chi connectivity index (χ2v) is 14.9. The van der Waals surface area contributed by atoms with Crippen molar-refractivity contribution >= 4 is 22.8 Å². The molecule has 1 aliphatic heterocycles. The van der Waals surface area contributed by atoms with Crippen LogP contribution in [0.4, 0.5) is 0 Å². The minimum atomic E-state index is -0.0873. The van der Waals surface area contributed by atoms with Crippen molar-refractivity contribution in [3.63, 3.8) is 0 Å². The number of fused-ring (bicyclic) bond motifs is 2. The van der Waals surface area contributed by atoms with Gasteiger partial charge in [-0.25, -0.2) is 0 Å². The number of hydrogen-bond acceptors (Lipinski definition) is 6. The van der Waals surface area contributed by atoms with Crippen molar-refractivity contribution in [3.8, 4) is 5.75 Å². The number of nitrogens with two attached hydrogens (primary N) is 2. The van der Waals surface area contributed by atoms with Gasteiger partial charge in [0.05, 0.1) is 24.0 Å². The molecule has 2 amide bonds. The molecule has 0 saturated heterocycles. The average molecular weight is 699 g/mol. The first-order valence-electron chi connectivity index (χ1n) is 18.8. The maximum atomic E-state index is 12.9. The molecule has 2 aliphatic carbocycles. The van der Waals surface area contributed by atoms with Gasteiger partial charge in [-0.2, -0.15) is 0 Å². The van der Waals surface area contributed by atoms with Crippen LogP contribution >= 0.6 is 0 Å². The van der Waals surface area contributed by atoms with Gasteiger partial charge in [0, 0.05) is 47.8 Å². The molecule has 0 radical (unpaired) electrons. The summed E-state index contributed by atoms with van der Waals surface area (Å²) in [7, 11) is 0. The Morgan fingerprint density at radius 2 is 1.15 bits per heavy atom. The van der Waals surface area contributed by atoms with Crippen LogP contribution in [0.5, 0.6) is 5.75 Å². The van der Waals surface area contributed by atoms with E-state index < -0.39 is 0 Å². The zero-order valence-corrected chi connectivity index (χ0v) is 29.8. The molecule has 8 rings (SSSR count). The van der Waals surface area contributed by atoms with Crippen LogP contribution in [-0.4, -0.2) is 43.6 Å². The number of amides is 2. The molecular formula is C44H50N4O4. The first-order valence-corrected chi connectivity index (χ1v) is 18.8. The fourth-order valence-corrected chi connectivity index (χ4v) is 8.36. The van der Waals surface area contributed by atoms with Crippen molar-refractivity contribution < 1.29 is 18.7 Å². The average Bonchev–Trinajstić information content (AvgIpc) is 3.89. The van der Waals surface area contributed by atoms with Crippen molar-refractivity contribution in [1.82, 2.24) is 10.6 Å². The second kappa shape index (κ2) is 15.8. The summed E-state index contributed by atoms with van der Waals surface area (Å²) in [6.07, 6.45) is 10.4. The van der Waals surface area contributed by atoms with Gasteiger partial charge in [-0.05, 0) is 86.3 Å². The molecule has 8 heteroatoms. The summed E-state index contributed by atoms with van der Waals surface area (Å²) >= 11 is 0. The van der Waals surface area contributed by atoms with E-state index in [0.29, 0.717) is 36.4 Å². The lowest BCUT2D eigenvalue weighted by atomic mass is 9.68. The van der Waals surface area contributed by atoms with Crippen LogP contribution in [0, 0.1) is 0 Å². The van der Waals surface area contributed by atoms with Gasteiger partial charge in [0.15, 0.2) is 0 Å². The second-order valence-electron chi connectivity index (χ2n) is 14.9. The summed E-state index contributed by atoms with van der Waals surface area (Å²) in [5, 5.41) is 7.30. The molecule has 2 saturated carbocycles. The predicted octanol–water partition coefficient (Wildman–Crippen LogP) is 7.19. The number of hydrogen-bond donors (Lipinski definition) is 4. The van der Waals surface area contributed by atoms with Crippen LogP contribution < -0.4 is 26.8 Å². The van der Waals surface area contributed by atoms with Gasteiger partial charge in [-0.3, -0.25) is 9.59 Å². The third-order valence-electron chi connectivity index (χ3n) is 11.6. The highest BCUT2D eigenvalue weighted by atomic mass is 16.5. The van der Waals surface area contributed by atoms with Crippen molar-refractivity contribution in [2.75, 3.05) is 19.7 Å². The monoisotopic (exact) mass is 698 g/mol. The molecule has 0 atom stereocenters. The van der Waals surface area contributed by atoms with Crippen LogP contribution in [0.15, 0.2) is 114 Å². The van der Waals surface area contributed by atoms with Crippen molar-refractivity contribution in [1.29, 1.82) is 0 Å².